The molecular weight excluding hydrogens is 1210 g/mol. The molecule has 4 unspecified atom stereocenters. The van der Waals surface area contributed by atoms with E-state index in [1.54, 1.807) is 0 Å². The minimum absolute atomic E-state index is 0.105. The molecule has 19 heteroatoms. The van der Waals surface area contributed by atoms with Crippen molar-refractivity contribution in [3.05, 3.63) is 0 Å². The lowest BCUT2D eigenvalue weighted by atomic mass is 9.99. The molecule has 0 heterocycles. The van der Waals surface area contributed by atoms with E-state index in [0.717, 1.165) is 108 Å². The summed E-state index contributed by atoms with van der Waals surface area (Å²) >= 11 is 0. The number of hydrogen-bond donors (Lipinski definition) is 3. The standard InChI is InChI=1S/C73H142O17P2/c1-8-11-12-13-14-23-33-40-47-54-70(75)83-60-69(90-73(78)57-50-43-36-29-27-32-39-46-53-66(7)10-3)63-88-92(81,82)86-59-67(74)58-85-91(79,80)87-62-68(61-84-71(76)55-48-41-34-28-26-31-38-45-52-65(6)9-2)89-72(77)56-49-42-35-25-22-20-18-16-15-17-19-21-24-30-37-44-51-64(4)5/h64-69,74H,8-63H2,1-7H3,(H,79,80)(H,81,82)/t65?,66?,67-,68-,69-/m1/s1. The molecule has 0 bridgehead atoms. The van der Waals surface area contributed by atoms with Gasteiger partial charge in [-0.1, -0.05) is 318 Å². The van der Waals surface area contributed by atoms with Crippen molar-refractivity contribution in [2.45, 2.75) is 388 Å². The molecular formula is C73H142O17P2. The summed E-state index contributed by atoms with van der Waals surface area (Å²) < 4.78 is 68.4. The van der Waals surface area contributed by atoms with Crippen molar-refractivity contribution in [3.63, 3.8) is 0 Å². The van der Waals surface area contributed by atoms with Crippen LogP contribution in [0.1, 0.15) is 370 Å². The van der Waals surface area contributed by atoms with Crippen molar-refractivity contribution in [2.24, 2.45) is 17.8 Å². The van der Waals surface area contributed by atoms with Gasteiger partial charge in [0, 0.05) is 25.7 Å². The van der Waals surface area contributed by atoms with E-state index < -0.39 is 97.5 Å². The molecule has 0 aromatic carbocycles. The zero-order valence-corrected chi connectivity index (χ0v) is 61.8. The highest BCUT2D eigenvalue weighted by Gasteiger charge is 2.30. The molecule has 0 fully saturated rings. The first-order chi connectivity index (χ1) is 44.3. The van der Waals surface area contributed by atoms with Crippen LogP contribution in [-0.2, 0) is 65.4 Å². The highest BCUT2D eigenvalue weighted by atomic mass is 31.2. The Hall–Kier alpha value is -1.94. The van der Waals surface area contributed by atoms with Gasteiger partial charge in [0.05, 0.1) is 26.4 Å². The van der Waals surface area contributed by atoms with Crippen molar-refractivity contribution in [2.75, 3.05) is 39.6 Å². The fourth-order valence-electron chi connectivity index (χ4n) is 11.0. The maximum Gasteiger partial charge on any atom is 0.472 e. The van der Waals surface area contributed by atoms with E-state index in [-0.39, 0.29) is 25.7 Å². The van der Waals surface area contributed by atoms with Crippen LogP contribution in [-0.4, -0.2) is 96.7 Å². The lowest BCUT2D eigenvalue weighted by molar-refractivity contribution is -0.161. The molecule has 0 rings (SSSR count). The predicted octanol–water partition coefficient (Wildman–Crippen LogP) is 21.0. The maximum absolute atomic E-state index is 13.1. The number of esters is 4. The van der Waals surface area contributed by atoms with Crippen LogP contribution in [0.4, 0.5) is 0 Å². The minimum Gasteiger partial charge on any atom is -0.462 e. The predicted molar refractivity (Wildman–Crippen MR) is 372 cm³/mol. The summed E-state index contributed by atoms with van der Waals surface area (Å²) in [6.07, 6.45) is 48.5. The first-order valence-corrected chi connectivity index (χ1v) is 40.9. The summed E-state index contributed by atoms with van der Waals surface area (Å²) in [6.45, 7) is 11.9. The summed E-state index contributed by atoms with van der Waals surface area (Å²) in [7, 11) is -9.90. The van der Waals surface area contributed by atoms with E-state index in [9.17, 15) is 43.2 Å². The van der Waals surface area contributed by atoms with Gasteiger partial charge in [-0.25, -0.2) is 9.13 Å². The Morgan fingerprint density at radius 2 is 0.554 bits per heavy atom. The minimum atomic E-state index is -4.95. The SMILES string of the molecule is CCCCCCCCCCCC(=O)OC[C@H](COP(=O)(O)OC[C@H](O)COP(=O)(O)OC[C@@H](COC(=O)CCCCCCCCCCC(C)CC)OC(=O)CCCCCCCCCCCCCCCCCCC(C)C)OC(=O)CCCCCCCCCCC(C)CC. The number of hydrogen-bond acceptors (Lipinski definition) is 15. The van der Waals surface area contributed by atoms with Crippen molar-refractivity contribution >= 4 is 39.5 Å². The van der Waals surface area contributed by atoms with Crippen LogP contribution in [0.3, 0.4) is 0 Å². The maximum atomic E-state index is 13.1. The van der Waals surface area contributed by atoms with E-state index in [1.807, 2.05) is 0 Å². The molecule has 546 valence electrons. The smallest absolute Gasteiger partial charge is 0.462 e. The molecule has 0 saturated heterocycles. The van der Waals surface area contributed by atoms with Crippen molar-refractivity contribution in [3.8, 4) is 0 Å². The van der Waals surface area contributed by atoms with Gasteiger partial charge in [-0.15, -0.1) is 0 Å². The summed E-state index contributed by atoms with van der Waals surface area (Å²) in [5, 5.41) is 10.6. The highest BCUT2D eigenvalue weighted by Crippen LogP contribution is 2.45. The summed E-state index contributed by atoms with van der Waals surface area (Å²) in [5.41, 5.74) is 0. The Balaban J connectivity index is 5.22. The zero-order valence-electron chi connectivity index (χ0n) is 60.0. The van der Waals surface area contributed by atoms with Gasteiger partial charge in [0.15, 0.2) is 12.2 Å². The number of unbranched alkanes of at least 4 members (excludes halogenated alkanes) is 37. The molecule has 0 aromatic rings. The second-order valence-corrected chi connectivity index (χ2v) is 30.2. The third-order valence-corrected chi connectivity index (χ3v) is 19.5. The summed E-state index contributed by atoms with van der Waals surface area (Å²) in [4.78, 5) is 72.6. The molecule has 92 heavy (non-hydrogen) atoms. The third kappa shape index (κ3) is 64.1. The lowest BCUT2D eigenvalue weighted by Crippen LogP contribution is -2.30. The fraction of sp³-hybridized carbons (Fsp3) is 0.945. The van der Waals surface area contributed by atoms with Gasteiger partial charge in [0.1, 0.15) is 19.3 Å². The van der Waals surface area contributed by atoms with Crippen molar-refractivity contribution in [1.82, 2.24) is 0 Å². The Kier molecular flexibility index (Phi) is 62.4. The van der Waals surface area contributed by atoms with Crippen LogP contribution in [0, 0.1) is 17.8 Å². The van der Waals surface area contributed by atoms with Gasteiger partial charge in [-0.2, -0.15) is 0 Å². The van der Waals surface area contributed by atoms with Gasteiger partial charge in [-0.05, 0) is 43.4 Å². The summed E-state index contributed by atoms with van der Waals surface area (Å²) in [5.74, 6) is 0.232. The van der Waals surface area contributed by atoms with E-state index in [2.05, 4.69) is 48.5 Å². The number of carbonyl (C=O) groups excluding carboxylic acids is 4. The van der Waals surface area contributed by atoms with Gasteiger partial charge in [0.2, 0.25) is 0 Å². The number of ether oxygens (including phenoxy) is 4. The molecule has 0 aliphatic carbocycles. The third-order valence-electron chi connectivity index (χ3n) is 17.6. The number of phosphoric acid groups is 2. The quantitative estimate of drug-likeness (QED) is 0.0222. The van der Waals surface area contributed by atoms with Gasteiger partial charge >= 0.3 is 39.5 Å². The molecule has 0 saturated carbocycles. The molecule has 7 atom stereocenters. The van der Waals surface area contributed by atoms with Crippen LogP contribution >= 0.6 is 15.6 Å². The average molecular weight is 1350 g/mol. The Bertz CT molecular complexity index is 1810. The molecule has 0 spiro atoms. The Labute approximate surface area is 562 Å². The molecule has 0 amide bonds. The number of aliphatic hydroxyl groups is 1. The zero-order chi connectivity index (χ0) is 68.0. The van der Waals surface area contributed by atoms with Crippen LogP contribution in [0.2, 0.25) is 0 Å². The first-order valence-electron chi connectivity index (χ1n) is 37.9. The van der Waals surface area contributed by atoms with Gasteiger partial charge < -0.3 is 33.8 Å². The first kappa shape index (κ1) is 90.1. The average Bonchev–Trinajstić information content (AvgIpc) is 2.63. The van der Waals surface area contributed by atoms with Crippen LogP contribution < -0.4 is 0 Å². The monoisotopic (exact) mass is 1350 g/mol. The number of rotatable bonds is 71. The lowest BCUT2D eigenvalue weighted by Gasteiger charge is -2.21. The van der Waals surface area contributed by atoms with Gasteiger partial charge in [-0.3, -0.25) is 37.3 Å². The van der Waals surface area contributed by atoms with E-state index in [0.29, 0.717) is 25.7 Å². The Morgan fingerprint density at radius 1 is 0.315 bits per heavy atom. The molecule has 3 N–H and O–H groups in total. The molecule has 0 aromatic heterocycles. The molecule has 0 aliphatic heterocycles. The van der Waals surface area contributed by atoms with Crippen molar-refractivity contribution < 1.29 is 80.2 Å². The second-order valence-electron chi connectivity index (χ2n) is 27.3. The van der Waals surface area contributed by atoms with E-state index >= 15 is 0 Å². The van der Waals surface area contributed by atoms with Crippen LogP contribution in [0.15, 0.2) is 0 Å². The highest BCUT2D eigenvalue weighted by molar-refractivity contribution is 7.47. The topological polar surface area (TPSA) is 237 Å². The van der Waals surface area contributed by atoms with E-state index in [4.69, 9.17) is 37.0 Å². The number of carbonyl (C=O) groups is 4. The second kappa shape index (κ2) is 63.8. The molecule has 0 radical (unpaired) electrons. The van der Waals surface area contributed by atoms with Gasteiger partial charge in [0.25, 0.3) is 0 Å². The molecule has 17 nitrogen and oxygen atoms in total. The Morgan fingerprint density at radius 3 is 0.826 bits per heavy atom. The normalized spacial score (nSPS) is 14.7. The van der Waals surface area contributed by atoms with Crippen LogP contribution in [0.5, 0.6) is 0 Å². The fourth-order valence-corrected chi connectivity index (χ4v) is 12.6. The molecule has 0 aliphatic rings. The summed E-state index contributed by atoms with van der Waals surface area (Å²) in [6, 6.07) is 0. The van der Waals surface area contributed by atoms with E-state index in [1.165, 1.54) is 180 Å². The largest absolute Gasteiger partial charge is 0.472 e. The van der Waals surface area contributed by atoms with Crippen molar-refractivity contribution in [1.29, 1.82) is 0 Å². The number of phosphoric ester groups is 2. The van der Waals surface area contributed by atoms with Crippen LogP contribution in [0.25, 0.3) is 0 Å². The number of aliphatic hydroxyl groups excluding tert-OH is 1.